The number of carbonyl (C=O) groups is 1. The highest BCUT2D eigenvalue weighted by molar-refractivity contribution is 5.94. The van der Waals surface area contributed by atoms with Gasteiger partial charge < -0.3 is 19.4 Å². The molecule has 0 radical (unpaired) electrons. The van der Waals surface area contributed by atoms with E-state index in [4.69, 9.17) is 4.74 Å². The number of rotatable bonds is 4. The maximum absolute atomic E-state index is 12.5. The number of hydrogen-bond donors (Lipinski definition) is 1. The minimum absolute atomic E-state index is 0.0777. The molecular weight excluding hydrogens is 328 g/mol. The minimum atomic E-state index is 0.0777. The van der Waals surface area contributed by atoms with E-state index in [-0.39, 0.29) is 5.91 Å². The van der Waals surface area contributed by atoms with Gasteiger partial charge in [0.1, 0.15) is 18.0 Å². The van der Waals surface area contributed by atoms with Gasteiger partial charge in [-0.1, -0.05) is 6.07 Å². The summed E-state index contributed by atoms with van der Waals surface area (Å²) >= 11 is 0. The van der Waals surface area contributed by atoms with Crippen LogP contribution in [0, 0.1) is 6.92 Å². The number of pyridine rings is 1. The molecule has 0 bridgehead atoms. The lowest BCUT2D eigenvalue weighted by molar-refractivity contribution is 0.0736. The lowest BCUT2D eigenvalue weighted by atomic mass is 10.2. The van der Waals surface area contributed by atoms with Crippen LogP contribution in [0.3, 0.4) is 0 Å². The van der Waals surface area contributed by atoms with Crippen LogP contribution in [0.4, 0.5) is 0 Å². The molecular formula is C20H22N4O2. The number of imidazole rings is 1. The van der Waals surface area contributed by atoms with Crippen LogP contribution in [0.15, 0.2) is 48.8 Å². The van der Waals surface area contributed by atoms with Gasteiger partial charge in [-0.3, -0.25) is 4.79 Å². The quantitative estimate of drug-likeness (QED) is 0.784. The first-order valence-electron chi connectivity index (χ1n) is 8.87. The lowest BCUT2D eigenvalue weighted by Gasteiger charge is -2.27. The number of benzene rings is 1. The lowest BCUT2D eigenvalue weighted by Crippen LogP contribution is -2.46. The van der Waals surface area contributed by atoms with Gasteiger partial charge in [-0.2, -0.15) is 0 Å². The molecule has 1 N–H and O–H groups in total. The zero-order valence-electron chi connectivity index (χ0n) is 14.8. The highest BCUT2D eigenvalue weighted by atomic mass is 16.5. The summed E-state index contributed by atoms with van der Waals surface area (Å²) in [6.45, 7) is 5.65. The number of nitrogens with one attached hydrogen (secondary N) is 1. The van der Waals surface area contributed by atoms with E-state index in [2.05, 4.69) is 10.3 Å². The fourth-order valence-electron chi connectivity index (χ4n) is 3.18. The molecule has 1 aliphatic heterocycles. The van der Waals surface area contributed by atoms with Crippen molar-refractivity contribution in [2.45, 2.75) is 13.5 Å². The van der Waals surface area contributed by atoms with Crippen molar-refractivity contribution in [3.8, 4) is 5.75 Å². The van der Waals surface area contributed by atoms with E-state index in [1.54, 1.807) is 0 Å². The maximum Gasteiger partial charge on any atom is 0.253 e. The Bertz CT molecular complexity index is 911. The van der Waals surface area contributed by atoms with E-state index in [0.717, 1.165) is 48.8 Å². The van der Waals surface area contributed by atoms with Crippen LogP contribution >= 0.6 is 0 Å². The number of aromatic nitrogens is 2. The Morgan fingerprint density at radius 1 is 1.19 bits per heavy atom. The van der Waals surface area contributed by atoms with Crippen molar-refractivity contribution in [1.29, 1.82) is 0 Å². The van der Waals surface area contributed by atoms with Gasteiger partial charge >= 0.3 is 0 Å². The van der Waals surface area contributed by atoms with E-state index < -0.39 is 0 Å². The summed E-state index contributed by atoms with van der Waals surface area (Å²) in [5.41, 5.74) is 3.65. The number of aryl methyl sites for hydroxylation is 1. The molecule has 0 saturated carbocycles. The third kappa shape index (κ3) is 3.41. The van der Waals surface area contributed by atoms with Gasteiger partial charge in [-0.05, 0) is 42.8 Å². The van der Waals surface area contributed by atoms with Crippen LogP contribution in [0.2, 0.25) is 0 Å². The zero-order valence-corrected chi connectivity index (χ0v) is 14.8. The summed E-state index contributed by atoms with van der Waals surface area (Å²) in [4.78, 5) is 19.0. The fourth-order valence-corrected chi connectivity index (χ4v) is 3.18. The average Bonchev–Trinajstić information content (AvgIpc) is 3.11. The smallest absolute Gasteiger partial charge is 0.253 e. The van der Waals surface area contributed by atoms with Crippen molar-refractivity contribution in [2.24, 2.45) is 0 Å². The highest BCUT2D eigenvalue weighted by Gasteiger charge is 2.17. The first-order valence-corrected chi connectivity index (χ1v) is 8.87. The van der Waals surface area contributed by atoms with Crippen molar-refractivity contribution >= 4 is 11.6 Å². The molecule has 0 unspecified atom stereocenters. The third-order valence-electron chi connectivity index (χ3n) is 4.62. The SMILES string of the molecule is Cc1cccn2cc(COc3ccc(C(=O)N4CCNCC4)cc3)nc12. The first kappa shape index (κ1) is 16.6. The summed E-state index contributed by atoms with van der Waals surface area (Å²) in [6.07, 6.45) is 3.96. The topological polar surface area (TPSA) is 58.9 Å². The number of hydrogen-bond acceptors (Lipinski definition) is 4. The standard InChI is InChI=1S/C20H22N4O2/c1-15-3-2-10-24-13-17(22-19(15)24)14-26-18-6-4-16(5-7-18)20(25)23-11-8-21-9-12-23/h2-7,10,13,21H,8-9,11-12,14H2,1H3. The Balaban J connectivity index is 1.40. The Morgan fingerprint density at radius 3 is 2.69 bits per heavy atom. The van der Waals surface area contributed by atoms with Gasteiger partial charge in [0.2, 0.25) is 0 Å². The molecule has 1 aromatic carbocycles. The number of carbonyl (C=O) groups excluding carboxylic acids is 1. The van der Waals surface area contributed by atoms with E-state index in [0.29, 0.717) is 12.2 Å². The van der Waals surface area contributed by atoms with Gasteiger partial charge in [0.15, 0.2) is 0 Å². The van der Waals surface area contributed by atoms with Crippen LogP contribution in [-0.4, -0.2) is 46.4 Å². The number of nitrogens with zero attached hydrogens (tertiary/aromatic N) is 3. The molecule has 6 nitrogen and oxygen atoms in total. The van der Waals surface area contributed by atoms with Gasteiger partial charge in [0, 0.05) is 44.1 Å². The maximum atomic E-state index is 12.5. The molecule has 3 aromatic rings. The predicted molar refractivity (Wildman–Crippen MR) is 99.5 cm³/mol. The Morgan fingerprint density at radius 2 is 1.96 bits per heavy atom. The largest absolute Gasteiger partial charge is 0.487 e. The number of fused-ring (bicyclic) bond motifs is 1. The van der Waals surface area contributed by atoms with E-state index in [9.17, 15) is 4.79 Å². The second kappa shape index (κ2) is 7.17. The summed E-state index contributed by atoms with van der Waals surface area (Å²) in [5, 5.41) is 3.25. The molecule has 0 aliphatic carbocycles. The van der Waals surface area contributed by atoms with E-state index in [1.807, 2.05) is 65.0 Å². The second-order valence-corrected chi connectivity index (χ2v) is 6.51. The Kier molecular flexibility index (Phi) is 4.58. The molecule has 1 saturated heterocycles. The molecule has 3 heterocycles. The van der Waals surface area contributed by atoms with Gasteiger partial charge in [0.05, 0.1) is 5.69 Å². The molecule has 1 fully saturated rings. The Labute approximate surface area is 152 Å². The Hall–Kier alpha value is -2.86. The molecule has 4 rings (SSSR count). The van der Waals surface area contributed by atoms with Crippen molar-refractivity contribution < 1.29 is 9.53 Å². The molecule has 0 atom stereocenters. The molecule has 0 spiro atoms. The first-order chi connectivity index (χ1) is 12.7. The summed E-state index contributed by atoms with van der Waals surface area (Å²) in [7, 11) is 0. The van der Waals surface area contributed by atoms with E-state index >= 15 is 0 Å². The normalized spacial score (nSPS) is 14.6. The zero-order chi connectivity index (χ0) is 17.9. The highest BCUT2D eigenvalue weighted by Crippen LogP contribution is 2.17. The van der Waals surface area contributed by atoms with Crippen LogP contribution in [0.25, 0.3) is 5.65 Å². The molecule has 2 aromatic heterocycles. The van der Waals surface area contributed by atoms with Crippen LogP contribution in [-0.2, 0) is 6.61 Å². The number of ether oxygens (including phenoxy) is 1. The molecule has 134 valence electrons. The van der Waals surface area contributed by atoms with Gasteiger partial charge in [-0.25, -0.2) is 4.98 Å². The fraction of sp³-hybridized carbons (Fsp3) is 0.300. The number of piperazine rings is 1. The van der Waals surface area contributed by atoms with Crippen LogP contribution in [0.5, 0.6) is 5.75 Å². The minimum Gasteiger partial charge on any atom is -0.487 e. The average molecular weight is 350 g/mol. The summed E-state index contributed by atoms with van der Waals surface area (Å²) in [5.74, 6) is 0.810. The van der Waals surface area contributed by atoms with Crippen molar-refractivity contribution in [1.82, 2.24) is 19.6 Å². The van der Waals surface area contributed by atoms with Crippen LogP contribution in [0.1, 0.15) is 21.6 Å². The molecule has 6 heteroatoms. The predicted octanol–water partition coefficient (Wildman–Crippen LogP) is 2.27. The van der Waals surface area contributed by atoms with Crippen molar-refractivity contribution in [3.63, 3.8) is 0 Å². The van der Waals surface area contributed by atoms with Gasteiger partial charge in [0.25, 0.3) is 5.91 Å². The number of amides is 1. The second-order valence-electron chi connectivity index (χ2n) is 6.51. The molecule has 1 aliphatic rings. The van der Waals surface area contributed by atoms with Crippen molar-refractivity contribution in [3.05, 3.63) is 65.6 Å². The van der Waals surface area contributed by atoms with Crippen molar-refractivity contribution in [2.75, 3.05) is 26.2 Å². The summed E-state index contributed by atoms with van der Waals surface area (Å²) in [6, 6.07) is 11.4. The summed E-state index contributed by atoms with van der Waals surface area (Å²) < 4.78 is 7.83. The monoisotopic (exact) mass is 350 g/mol. The van der Waals surface area contributed by atoms with Crippen LogP contribution < -0.4 is 10.1 Å². The third-order valence-corrected chi connectivity index (χ3v) is 4.62. The van der Waals surface area contributed by atoms with E-state index in [1.165, 1.54) is 0 Å². The van der Waals surface area contributed by atoms with Gasteiger partial charge in [-0.15, -0.1) is 0 Å². The molecule has 1 amide bonds. The molecule has 26 heavy (non-hydrogen) atoms.